The Morgan fingerprint density at radius 1 is 1.17 bits per heavy atom. The lowest BCUT2D eigenvalue weighted by Gasteiger charge is -2.05. The van der Waals surface area contributed by atoms with Gasteiger partial charge in [0.25, 0.3) is 0 Å². The molecule has 0 saturated heterocycles. The summed E-state index contributed by atoms with van der Waals surface area (Å²) < 4.78 is 1.99. The van der Waals surface area contributed by atoms with Crippen molar-refractivity contribution in [1.29, 1.82) is 0 Å². The van der Waals surface area contributed by atoms with Gasteiger partial charge in [0.1, 0.15) is 0 Å². The molecule has 0 aliphatic carbocycles. The van der Waals surface area contributed by atoms with Crippen molar-refractivity contribution >= 4 is 30.0 Å². The molecular weight excluding hydrogens is 340 g/mol. The molecule has 122 valence electrons. The van der Waals surface area contributed by atoms with Crippen molar-refractivity contribution in [2.75, 3.05) is 0 Å². The van der Waals surface area contributed by atoms with Gasteiger partial charge in [-0.2, -0.15) is 14.9 Å². The predicted octanol–water partition coefficient (Wildman–Crippen LogP) is 5.27. The molecule has 0 bridgehead atoms. The number of hydrogen-bond acceptors (Lipinski definition) is 3. The van der Waals surface area contributed by atoms with Gasteiger partial charge in [-0.1, -0.05) is 61.8 Å². The van der Waals surface area contributed by atoms with Crippen LogP contribution >= 0.6 is 23.8 Å². The third-order valence-electron chi connectivity index (χ3n) is 3.69. The molecule has 0 spiro atoms. The van der Waals surface area contributed by atoms with Crippen LogP contribution in [0, 0.1) is 4.77 Å². The molecule has 6 heteroatoms. The maximum Gasteiger partial charge on any atom is 0.216 e. The van der Waals surface area contributed by atoms with Crippen LogP contribution in [0.3, 0.4) is 0 Å². The molecule has 4 nitrogen and oxygen atoms in total. The van der Waals surface area contributed by atoms with Crippen LogP contribution in [0.4, 0.5) is 0 Å². The van der Waals surface area contributed by atoms with E-state index in [-0.39, 0.29) is 0 Å². The summed E-state index contributed by atoms with van der Waals surface area (Å²) in [5.74, 6) is 1.09. The van der Waals surface area contributed by atoms with E-state index in [0.29, 0.717) is 21.5 Å². The SMILES string of the molecule is CC(C)c1ccc(/C=N\n2c(-c3ccccc3Cl)n[nH]c2=S)cc1. The Labute approximate surface area is 150 Å². The highest BCUT2D eigenvalue weighted by molar-refractivity contribution is 7.71. The molecule has 0 fully saturated rings. The van der Waals surface area contributed by atoms with Crippen LogP contribution in [-0.2, 0) is 0 Å². The van der Waals surface area contributed by atoms with Crippen molar-refractivity contribution in [2.24, 2.45) is 5.10 Å². The van der Waals surface area contributed by atoms with Crippen LogP contribution in [0.5, 0.6) is 0 Å². The number of nitrogens with zero attached hydrogens (tertiary/aromatic N) is 3. The summed E-state index contributed by atoms with van der Waals surface area (Å²) in [4.78, 5) is 0. The van der Waals surface area contributed by atoms with Gasteiger partial charge in [0.2, 0.25) is 4.77 Å². The molecule has 0 atom stereocenters. The zero-order valence-electron chi connectivity index (χ0n) is 13.4. The molecule has 0 aliphatic heterocycles. The fraction of sp³-hybridized carbons (Fsp3) is 0.167. The molecule has 0 saturated carbocycles. The van der Waals surface area contributed by atoms with Gasteiger partial charge >= 0.3 is 0 Å². The summed E-state index contributed by atoms with van der Waals surface area (Å²) in [5.41, 5.74) is 3.07. The van der Waals surface area contributed by atoms with Crippen molar-refractivity contribution in [3.05, 3.63) is 69.5 Å². The summed E-state index contributed by atoms with van der Waals surface area (Å²) >= 11 is 11.5. The van der Waals surface area contributed by atoms with Crippen LogP contribution in [0.15, 0.2) is 53.6 Å². The molecule has 1 N–H and O–H groups in total. The summed E-state index contributed by atoms with van der Waals surface area (Å²) in [6.45, 7) is 4.34. The summed E-state index contributed by atoms with van der Waals surface area (Å²) in [6.07, 6.45) is 1.76. The molecule has 2 aromatic carbocycles. The van der Waals surface area contributed by atoms with E-state index in [4.69, 9.17) is 23.8 Å². The van der Waals surface area contributed by atoms with Gasteiger partial charge in [-0.15, -0.1) is 0 Å². The lowest BCUT2D eigenvalue weighted by molar-refractivity contribution is 0.865. The number of H-pyrrole nitrogens is 1. The fourth-order valence-electron chi connectivity index (χ4n) is 2.31. The molecule has 3 rings (SSSR count). The van der Waals surface area contributed by atoms with Gasteiger partial charge in [0, 0.05) is 5.56 Å². The Kier molecular flexibility index (Phi) is 4.92. The zero-order chi connectivity index (χ0) is 17.1. The molecule has 3 aromatic rings. The average molecular weight is 357 g/mol. The molecule has 0 radical (unpaired) electrons. The first-order valence-corrected chi connectivity index (χ1v) is 8.41. The first-order valence-electron chi connectivity index (χ1n) is 7.63. The number of hydrogen-bond donors (Lipinski definition) is 1. The van der Waals surface area contributed by atoms with Gasteiger partial charge < -0.3 is 0 Å². The largest absolute Gasteiger partial charge is 0.250 e. The summed E-state index contributed by atoms with van der Waals surface area (Å²) in [6, 6.07) is 15.8. The van der Waals surface area contributed by atoms with Gasteiger partial charge in [0.15, 0.2) is 5.82 Å². The first kappa shape index (κ1) is 16.6. The van der Waals surface area contributed by atoms with E-state index >= 15 is 0 Å². The van der Waals surface area contributed by atoms with Gasteiger partial charge in [-0.05, 0) is 41.4 Å². The minimum atomic E-state index is 0.417. The Morgan fingerprint density at radius 3 is 2.54 bits per heavy atom. The van der Waals surface area contributed by atoms with Gasteiger partial charge in [-0.3, -0.25) is 0 Å². The Bertz CT molecular complexity index is 923. The van der Waals surface area contributed by atoms with E-state index in [1.54, 1.807) is 10.9 Å². The van der Waals surface area contributed by atoms with E-state index in [9.17, 15) is 0 Å². The van der Waals surface area contributed by atoms with Crippen molar-refractivity contribution in [1.82, 2.24) is 14.9 Å². The van der Waals surface area contributed by atoms with E-state index in [1.165, 1.54) is 5.56 Å². The van der Waals surface area contributed by atoms with Crippen LogP contribution in [0.1, 0.15) is 30.9 Å². The highest BCUT2D eigenvalue weighted by Gasteiger charge is 2.11. The van der Waals surface area contributed by atoms with Crippen LogP contribution < -0.4 is 0 Å². The summed E-state index contributed by atoms with van der Waals surface area (Å²) in [5, 5.41) is 12.1. The normalized spacial score (nSPS) is 11.5. The number of halogens is 1. The minimum absolute atomic E-state index is 0.417. The zero-order valence-corrected chi connectivity index (χ0v) is 15.0. The lowest BCUT2D eigenvalue weighted by Crippen LogP contribution is -1.96. The number of benzene rings is 2. The molecule has 0 aliphatic rings. The molecule has 1 heterocycles. The topological polar surface area (TPSA) is 46.0 Å². The lowest BCUT2D eigenvalue weighted by atomic mass is 10.0. The third kappa shape index (κ3) is 3.47. The smallest absolute Gasteiger partial charge is 0.216 e. The van der Waals surface area contributed by atoms with E-state index in [0.717, 1.165) is 11.1 Å². The standard InChI is InChI=1S/C18H17ClN4S/c1-12(2)14-9-7-13(8-10-14)11-20-23-17(21-22-18(23)24)15-5-3-4-6-16(15)19/h3-12H,1-2H3,(H,22,24)/b20-11-. The maximum atomic E-state index is 6.25. The second kappa shape index (κ2) is 7.11. The van der Waals surface area contributed by atoms with E-state index < -0.39 is 0 Å². The molecule has 0 unspecified atom stereocenters. The highest BCUT2D eigenvalue weighted by atomic mass is 35.5. The Balaban J connectivity index is 1.95. The van der Waals surface area contributed by atoms with Gasteiger partial charge in [-0.25, -0.2) is 5.10 Å². The summed E-state index contributed by atoms with van der Waals surface area (Å²) in [7, 11) is 0. The van der Waals surface area contributed by atoms with Crippen molar-refractivity contribution in [2.45, 2.75) is 19.8 Å². The van der Waals surface area contributed by atoms with Gasteiger partial charge in [0.05, 0.1) is 11.2 Å². The minimum Gasteiger partial charge on any atom is -0.250 e. The Hall–Kier alpha value is -2.24. The van der Waals surface area contributed by atoms with Crippen molar-refractivity contribution in [3.8, 4) is 11.4 Å². The monoisotopic (exact) mass is 356 g/mol. The fourth-order valence-corrected chi connectivity index (χ4v) is 2.71. The average Bonchev–Trinajstić information content (AvgIpc) is 2.94. The third-order valence-corrected chi connectivity index (χ3v) is 4.28. The number of aromatic amines is 1. The molecule has 0 amide bonds. The highest BCUT2D eigenvalue weighted by Crippen LogP contribution is 2.25. The van der Waals surface area contributed by atoms with Crippen LogP contribution in [0.2, 0.25) is 5.02 Å². The molecule has 24 heavy (non-hydrogen) atoms. The Morgan fingerprint density at radius 2 is 1.88 bits per heavy atom. The second-order valence-electron chi connectivity index (χ2n) is 5.71. The number of aromatic nitrogens is 3. The molecule has 1 aromatic heterocycles. The number of nitrogens with one attached hydrogen (secondary N) is 1. The maximum absolute atomic E-state index is 6.25. The van der Waals surface area contributed by atoms with Crippen molar-refractivity contribution < 1.29 is 0 Å². The van der Waals surface area contributed by atoms with Crippen LogP contribution in [0.25, 0.3) is 11.4 Å². The van der Waals surface area contributed by atoms with E-state index in [2.05, 4.69) is 41.3 Å². The van der Waals surface area contributed by atoms with Crippen molar-refractivity contribution in [3.63, 3.8) is 0 Å². The van der Waals surface area contributed by atoms with E-state index in [1.807, 2.05) is 36.4 Å². The number of rotatable bonds is 4. The second-order valence-corrected chi connectivity index (χ2v) is 6.50. The predicted molar refractivity (Wildman–Crippen MR) is 101 cm³/mol. The van der Waals surface area contributed by atoms with Crippen LogP contribution in [-0.4, -0.2) is 21.1 Å². The molecular formula is C18H17ClN4S. The quantitative estimate of drug-likeness (QED) is 0.511. The first-order chi connectivity index (χ1) is 11.6.